The van der Waals surface area contributed by atoms with Gasteiger partial charge in [-0.2, -0.15) is 0 Å². The summed E-state index contributed by atoms with van der Waals surface area (Å²) in [5, 5.41) is 16.1. The second-order valence-electron chi connectivity index (χ2n) is 4.89. The van der Waals surface area contributed by atoms with Gasteiger partial charge in [-0.3, -0.25) is 0 Å². The molecule has 0 amide bonds. The van der Waals surface area contributed by atoms with Crippen LogP contribution in [0.4, 0.5) is 0 Å². The standard InChI is InChI=1S/C13H22N2O2S/c1-10(13-14-6-7-18-13)15-8-11(16)9-17-12-4-2-3-5-12/h6-7,10-12,15-16H,2-5,8-9H2,1H3. The van der Waals surface area contributed by atoms with E-state index >= 15 is 0 Å². The number of rotatable bonds is 7. The summed E-state index contributed by atoms with van der Waals surface area (Å²) in [4.78, 5) is 4.25. The molecule has 1 fully saturated rings. The average molecular weight is 270 g/mol. The van der Waals surface area contributed by atoms with Crippen LogP contribution in [0.2, 0.25) is 0 Å². The highest BCUT2D eigenvalue weighted by molar-refractivity contribution is 7.09. The number of thiazole rings is 1. The van der Waals surface area contributed by atoms with Gasteiger partial charge in [-0.1, -0.05) is 12.8 Å². The minimum absolute atomic E-state index is 0.186. The maximum atomic E-state index is 9.85. The summed E-state index contributed by atoms with van der Waals surface area (Å²) in [6.45, 7) is 3.04. The van der Waals surface area contributed by atoms with E-state index in [9.17, 15) is 5.11 Å². The molecular formula is C13H22N2O2S. The fourth-order valence-corrected chi connectivity index (χ4v) is 2.88. The monoisotopic (exact) mass is 270 g/mol. The molecule has 2 N–H and O–H groups in total. The third-order valence-electron chi connectivity index (χ3n) is 3.31. The summed E-state index contributed by atoms with van der Waals surface area (Å²) in [5.74, 6) is 0. The molecule has 1 aliphatic carbocycles. The smallest absolute Gasteiger partial charge is 0.109 e. The first kappa shape index (κ1) is 13.9. The molecule has 102 valence electrons. The molecule has 18 heavy (non-hydrogen) atoms. The molecule has 0 bridgehead atoms. The summed E-state index contributed by atoms with van der Waals surface area (Å²) in [7, 11) is 0. The fourth-order valence-electron chi connectivity index (χ4n) is 2.21. The second-order valence-corrected chi connectivity index (χ2v) is 5.82. The predicted octanol–water partition coefficient (Wildman–Crippen LogP) is 2.11. The molecule has 0 aromatic carbocycles. The molecule has 5 heteroatoms. The fraction of sp³-hybridized carbons (Fsp3) is 0.769. The van der Waals surface area contributed by atoms with Gasteiger partial charge in [0.05, 0.1) is 24.9 Å². The highest BCUT2D eigenvalue weighted by atomic mass is 32.1. The minimum atomic E-state index is -0.437. The van der Waals surface area contributed by atoms with E-state index in [-0.39, 0.29) is 6.04 Å². The number of ether oxygens (including phenoxy) is 1. The van der Waals surface area contributed by atoms with Crippen LogP contribution in [0.25, 0.3) is 0 Å². The van der Waals surface area contributed by atoms with Crippen LogP contribution in [-0.2, 0) is 4.74 Å². The Bertz CT molecular complexity index is 326. The molecule has 1 aromatic rings. The van der Waals surface area contributed by atoms with Crippen molar-refractivity contribution in [2.75, 3.05) is 13.2 Å². The third kappa shape index (κ3) is 4.31. The van der Waals surface area contributed by atoms with Crippen LogP contribution in [0.5, 0.6) is 0 Å². The van der Waals surface area contributed by atoms with Crippen molar-refractivity contribution in [1.82, 2.24) is 10.3 Å². The molecule has 2 atom stereocenters. The SMILES string of the molecule is CC(NCC(O)COC1CCCC1)c1nccs1. The number of nitrogens with zero attached hydrogens (tertiary/aromatic N) is 1. The van der Waals surface area contributed by atoms with E-state index < -0.39 is 6.10 Å². The Morgan fingerprint density at radius 1 is 1.56 bits per heavy atom. The molecule has 4 nitrogen and oxygen atoms in total. The van der Waals surface area contributed by atoms with E-state index in [1.807, 2.05) is 5.38 Å². The zero-order valence-electron chi connectivity index (χ0n) is 10.8. The number of hydrogen-bond donors (Lipinski definition) is 2. The first-order valence-corrected chi connectivity index (χ1v) is 7.56. The molecule has 0 spiro atoms. The first-order valence-electron chi connectivity index (χ1n) is 6.68. The van der Waals surface area contributed by atoms with Gasteiger partial charge in [-0.25, -0.2) is 4.98 Å². The van der Waals surface area contributed by atoms with Crippen molar-refractivity contribution < 1.29 is 9.84 Å². The van der Waals surface area contributed by atoms with Gasteiger partial charge in [0.15, 0.2) is 0 Å². The van der Waals surface area contributed by atoms with Gasteiger partial charge in [0, 0.05) is 18.1 Å². The largest absolute Gasteiger partial charge is 0.389 e. The van der Waals surface area contributed by atoms with E-state index in [0.717, 1.165) is 17.8 Å². The van der Waals surface area contributed by atoms with Crippen LogP contribution < -0.4 is 5.32 Å². The molecular weight excluding hydrogens is 248 g/mol. The number of aromatic nitrogens is 1. The number of aliphatic hydroxyl groups excluding tert-OH is 1. The molecule has 0 saturated heterocycles. The first-order chi connectivity index (χ1) is 8.75. The predicted molar refractivity (Wildman–Crippen MR) is 72.7 cm³/mol. The molecule has 0 aliphatic heterocycles. The van der Waals surface area contributed by atoms with Gasteiger partial charge in [0.1, 0.15) is 5.01 Å². The molecule has 2 unspecified atom stereocenters. The van der Waals surface area contributed by atoms with Crippen molar-refractivity contribution in [3.05, 3.63) is 16.6 Å². The molecule has 1 aliphatic rings. The normalized spacial score (nSPS) is 20.1. The second kappa shape index (κ2) is 7.19. The van der Waals surface area contributed by atoms with Crippen molar-refractivity contribution in [3.63, 3.8) is 0 Å². The number of aliphatic hydroxyl groups is 1. The Balaban J connectivity index is 1.60. The Morgan fingerprint density at radius 2 is 2.33 bits per heavy atom. The van der Waals surface area contributed by atoms with Gasteiger partial charge >= 0.3 is 0 Å². The van der Waals surface area contributed by atoms with Crippen molar-refractivity contribution in [2.45, 2.75) is 50.9 Å². The Morgan fingerprint density at radius 3 is 3.00 bits per heavy atom. The molecule has 1 heterocycles. The highest BCUT2D eigenvalue weighted by Crippen LogP contribution is 2.21. The Hall–Kier alpha value is -0.490. The van der Waals surface area contributed by atoms with Crippen molar-refractivity contribution >= 4 is 11.3 Å². The van der Waals surface area contributed by atoms with E-state index in [4.69, 9.17) is 4.74 Å². The van der Waals surface area contributed by atoms with Crippen LogP contribution in [0.1, 0.15) is 43.7 Å². The van der Waals surface area contributed by atoms with Crippen LogP contribution in [0, 0.1) is 0 Å². The van der Waals surface area contributed by atoms with Crippen LogP contribution in [0.15, 0.2) is 11.6 Å². The van der Waals surface area contributed by atoms with Gasteiger partial charge in [0.25, 0.3) is 0 Å². The van der Waals surface area contributed by atoms with E-state index in [1.165, 1.54) is 12.8 Å². The summed E-state index contributed by atoms with van der Waals surface area (Å²) >= 11 is 1.63. The lowest BCUT2D eigenvalue weighted by molar-refractivity contribution is -0.00610. The van der Waals surface area contributed by atoms with Crippen LogP contribution >= 0.6 is 11.3 Å². The Labute approximate surface area is 112 Å². The molecule has 1 aromatic heterocycles. The van der Waals surface area contributed by atoms with Gasteiger partial charge in [0.2, 0.25) is 0 Å². The van der Waals surface area contributed by atoms with Crippen LogP contribution in [0.3, 0.4) is 0 Å². The minimum Gasteiger partial charge on any atom is -0.389 e. The topological polar surface area (TPSA) is 54.4 Å². The summed E-state index contributed by atoms with van der Waals surface area (Å²) in [6.07, 6.45) is 6.56. The van der Waals surface area contributed by atoms with Crippen molar-refractivity contribution in [3.8, 4) is 0 Å². The maximum Gasteiger partial charge on any atom is 0.109 e. The summed E-state index contributed by atoms with van der Waals surface area (Å²) in [6, 6.07) is 0.186. The van der Waals surface area contributed by atoms with Crippen LogP contribution in [-0.4, -0.2) is 35.5 Å². The van der Waals surface area contributed by atoms with E-state index in [2.05, 4.69) is 17.2 Å². The third-order valence-corrected chi connectivity index (χ3v) is 4.27. The summed E-state index contributed by atoms with van der Waals surface area (Å²) in [5.41, 5.74) is 0. The van der Waals surface area contributed by atoms with Gasteiger partial charge < -0.3 is 15.2 Å². The van der Waals surface area contributed by atoms with E-state index in [0.29, 0.717) is 19.3 Å². The number of hydrogen-bond acceptors (Lipinski definition) is 5. The van der Waals surface area contributed by atoms with E-state index in [1.54, 1.807) is 17.5 Å². The lowest BCUT2D eigenvalue weighted by atomic mass is 10.3. The highest BCUT2D eigenvalue weighted by Gasteiger charge is 2.17. The zero-order valence-corrected chi connectivity index (χ0v) is 11.7. The number of nitrogens with one attached hydrogen (secondary N) is 1. The van der Waals surface area contributed by atoms with Gasteiger partial charge in [-0.15, -0.1) is 11.3 Å². The molecule has 0 radical (unpaired) electrons. The zero-order chi connectivity index (χ0) is 12.8. The quantitative estimate of drug-likeness (QED) is 0.797. The summed E-state index contributed by atoms with van der Waals surface area (Å²) < 4.78 is 5.68. The van der Waals surface area contributed by atoms with Crippen molar-refractivity contribution in [1.29, 1.82) is 0 Å². The molecule has 2 rings (SSSR count). The lowest BCUT2D eigenvalue weighted by Gasteiger charge is -2.18. The average Bonchev–Trinajstić information content (AvgIpc) is 3.05. The lowest BCUT2D eigenvalue weighted by Crippen LogP contribution is -2.33. The molecule has 1 saturated carbocycles. The maximum absolute atomic E-state index is 9.85. The Kier molecular flexibility index (Phi) is 5.56. The van der Waals surface area contributed by atoms with Gasteiger partial charge in [-0.05, 0) is 19.8 Å². The van der Waals surface area contributed by atoms with Crippen molar-refractivity contribution in [2.24, 2.45) is 0 Å².